The van der Waals surface area contributed by atoms with Crippen LogP contribution in [0.15, 0.2) is 29.2 Å². The van der Waals surface area contributed by atoms with Crippen molar-refractivity contribution in [2.24, 2.45) is 0 Å². The normalized spacial score (nSPS) is 23.1. The van der Waals surface area contributed by atoms with Gasteiger partial charge >= 0.3 is 0 Å². The van der Waals surface area contributed by atoms with Crippen molar-refractivity contribution in [2.45, 2.75) is 23.8 Å². The van der Waals surface area contributed by atoms with Gasteiger partial charge in [0.1, 0.15) is 11.9 Å². The minimum atomic E-state index is -3.78. The molecule has 0 aliphatic carbocycles. The highest BCUT2D eigenvalue weighted by atomic mass is 32.2. The standard InChI is InChI=1S/C14H17FN2O3S2/c15-11-3-5-12(6-4-11)22(19,20)17-10-21-9-13(17)14(18)16-7-1-2-8-16/h3-6,13H,1-2,7-10H2. The average molecular weight is 344 g/mol. The second-order valence-corrected chi connectivity index (χ2v) is 8.28. The molecule has 120 valence electrons. The van der Waals surface area contributed by atoms with E-state index in [-0.39, 0.29) is 16.7 Å². The molecule has 1 amide bonds. The maximum atomic E-state index is 13.0. The number of rotatable bonds is 3. The van der Waals surface area contributed by atoms with Crippen LogP contribution in [0.4, 0.5) is 4.39 Å². The van der Waals surface area contributed by atoms with Crippen molar-refractivity contribution >= 4 is 27.7 Å². The molecule has 1 unspecified atom stereocenters. The Morgan fingerprint density at radius 2 is 1.82 bits per heavy atom. The topological polar surface area (TPSA) is 57.7 Å². The van der Waals surface area contributed by atoms with Gasteiger partial charge in [0.25, 0.3) is 0 Å². The van der Waals surface area contributed by atoms with E-state index >= 15 is 0 Å². The molecule has 5 nitrogen and oxygen atoms in total. The quantitative estimate of drug-likeness (QED) is 0.834. The molecule has 0 aromatic heterocycles. The Labute approximate surface area is 133 Å². The summed E-state index contributed by atoms with van der Waals surface area (Å²) < 4.78 is 39.6. The van der Waals surface area contributed by atoms with Gasteiger partial charge in [0.15, 0.2) is 0 Å². The van der Waals surface area contributed by atoms with Crippen molar-refractivity contribution < 1.29 is 17.6 Å². The van der Waals surface area contributed by atoms with Crippen LogP contribution in [0.1, 0.15) is 12.8 Å². The number of hydrogen-bond acceptors (Lipinski definition) is 4. The van der Waals surface area contributed by atoms with Gasteiger partial charge in [-0.05, 0) is 37.1 Å². The molecule has 2 saturated heterocycles. The number of nitrogens with zero attached hydrogens (tertiary/aromatic N) is 2. The van der Waals surface area contributed by atoms with Crippen molar-refractivity contribution in [1.82, 2.24) is 9.21 Å². The molecule has 0 N–H and O–H groups in total. The molecule has 1 aromatic carbocycles. The first-order valence-electron chi connectivity index (χ1n) is 7.14. The lowest BCUT2D eigenvalue weighted by Crippen LogP contribution is -2.48. The van der Waals surface area contributed by atoms with Crippen LogP contribution in [0.25, 0.3) is 0 Å². The molecule has 2 aliphatic heterocycles. The zero-order chi connectivity index (χ0) is 15.7. The summed E-state index contributed by atoms with van der Waals surface area (Å²) in [5, 5.41) is 0. The molecular formula is C14H17FN2O3S2. The molecule has 3 rings (SSSR count). The number of thioether (sulfide) groups is 1. The number of hydrogen-bond donors (Lipinski definition) is 0. The highest BCUT2D eigenvalue weighted by Crippen LogP contribution is 2.30. The van der Waals surface area contributed by atoms with Gasteiger partial charge in [0, 0.05) is 18.8 Å². The minimum Gasteiger partial charge on any atom is -0.341 e. The number of halogens is 1. The van der Waals surface area contributed by atoms with E-state index in [1.165, 1.54) is 28.2 Å². The summed E-state index contributed by atoms with van der Waals surface area (Å²) in [6.45, 7) is 1.40. The van der Waals surface area contributed by atoms with Gasteiger partial charge in [-0.25, -0.2) is 12.8 Å². The Hall–Kier alpha value is -1.12. The van der Waals surface area contributed by atoms with Crippen molar-refractivity contribution in [2.75, 3.05) is 24.7 Å². The predicted molar refractivity (Wildman–Crippen MR) is 82.4 cm³/mol. The van der Waals surface area contributed by atoms with Gasteiger partial charge in [-0.1, -0.05) is 0 Å². The van der Waals surface area contributed by atoms with Gasteiger partial charge in [-0.3, -0.25) is 4.79 Å². The zero-order valence-corrected chi connectivity index (χ0v) is 13.6. The maximum Gasteiger partial charge on any atom is 0.244 e. The lowest BCUT2D eigenvalue weighted by molar-refractivity contribution is -0.133. The van der Waals surface area contributed by atoms with E-state index in [0.717, 1.165) is 25.0 Å². The van der Waals surface area contributed by atoms with Crippen molar-refractivity contribution in [3.63, 3.8) is 0 Å². The van der Waals surface area contributed by atoms with E-state index in [9.17, 15) is 17.6 Å². The van der Waals surface area contributed by atoms with Gasteiger partial charge < -0.3 is 4.90 Å². The Balaban J connectivity index is 1.85. The molecule has 1 aromatic rings. The number of sulfonamides is 1. The number of likely N-dealkylation sites (tertiary alicyclic amines) is 1. The Kier molecular flexibility index (Phi) is 4.42. The Morgan fingerprint density at radius 3 is 2.45 bits per heavy atom. The number of amides is 1. The third-order valence-electron chi connectivity index (χ3n) is 3.96. The van der Waals surface area contributed by atoms with Crippen LogP contribution in [0.2, 0.25) is 0 Å². The Bertz CT molecular complexity index is 657. The molecule has 2 fully saturated rings. The first-order valence-corrected chi connectivity index (χ1v) is 9.73. The number of benzene rings is 1. The maximum absolute atomic E-state index is 13.0. The predicted octanol–water partition coefficient (Wildman–Crippen LogP) is 1.51. The van der Waals surface area contributed by atoms with Crippen LogP contribution in [0.5, 0.6) is 0 Å². The molecule has 2 heterocycles. The van der Waals surface area contributed by atoms with E-state index in [0.29, 0.717) is 18.8 Å². The van der Waals surface area contributed by atoms with Gasteiger partial charge in [0.05, 0.1) is 10.8 Å². The lowest BCUT2D eigenvalue weighted by Gasteiger charge is -2.26. The van der Waals surface area contributed by atoms with E-state index < -0.39 is 21.9 Å². The van der Waals surface area contributed by atoms with Crippen molar-refractivity contribution in [3.05, 3.63) is 30.1 Å². The van der Waals surface area contributed by atoms with Gasteiger partial charge in [-0.15, -0.1) is 11.8 Å². The first kappa shape index (κ1) is 15.8. The fourth-order valence-electron chi connectivity index (χ4n) is 2.75. The van der Waals surface area contributed by atoms with Crippen LogP contribution >= 0.6 is 11.8 Å². The zero-order valence-electron chi connectivity index (χ0n) is 11.9. The number of carbonyl (C=O) groups excluding carboxylic acids is 1. The van der Waals surface area contributed by atoms with Crippen molar-refractivity contribution in [3.8, 4) is 0 Å². The average Bonchev–Trinajstić information content (AvgIpc) is 3.19. The largest absolute Gasteiger partial charge is 0.341 e. The second kappa shape index (κ2) is 6.17. The molecule has 0 spiro atoms. The fraction of sp³-hybridized carbons (Fsp3) is 0.500. The van der Waals surface area contributed by atoms with E-state index in [1.54, 1.807) is 4.90 Å². The second-order valence-electron chi connectivity index (χ2n) is 5.39. The molecule has 1 atom stereocenters. The summed E-state index contributed by atoms with van der Waals surface area (Å²) in [6.07, 6.45) is 1.94. The van der Waals surface area contributed by atoms with Crippen LogP contribution in [0.3, 0.4) is 0 Å². The first-order chi connectivity index (χ1) is 10.5. The smallest absolute Gasteiger partial charge is 0.244 e. The van der Waals surface area contributed by atoms with Gasteiger partial charge in [0.2, 0.25) is 15.9 Å². The monoisotopic (exact) mass is 344 g/mol. The summed E-state index contributed by atoms with van der Waals surface area (Å²) >= 11 is 1.43. The molecule has 8 heteroatoms. The highest BCUT2D eigenvalue weighted by Gasteiger charge is 2.42. The summed E-state index contributed by atoms with van der Waals surface area (Å²) in [5.41, 5.74) is 0. The molecular weight excluding hydrogens is 327 g/mol. The van der Waals surface area contributed by atoms with Gasteiger partial charge in [-0.2, -0.15) is 4.31 Å². The van der Waals surface area contributed by atoms with Crippen LogP contribution in [-0.4, -0.2) is 54.3 Å². The van der Waals surface area contributed by atoms with Crippen LogP contribution < -0.4 is 0 Å². The summed E-state index contributed by atoms with van der Waals surface area (Å²) in [7, 11) is -3.78. The van der Waals surface area contributed by atoms with E-state index in [1.807, 2.05) is 0 Å². The van der Waals surface area contributed by atoms with Crippen LogP contribution in [-0.2, 0) is 14.8 Å². The fourth-order valence-corrected chi connectivity index (χ4v) is 5.88. The molecule has 2 aliphatic rings. The highest BCUT2D eigenvalue weighted by molar-refractivity contribution is 8.00. The lowest BCUT2D eigenvalue weighted by atomic mass is 10.3. The molecule has 0 saturated carbocycles. The van der Waals surface area contributed by atoms with Crippen LogP contribution in [0, 0.1) is 5.82 Å². The summed E-state index contributed by atoms with van der Waals surface area (Å²) in [5.74, 6) is 0.118. The Morgan fingerprint density at radius 1 is 1.18 bits per heavy atom. The van der Waals surface area contributed by atoms with E-state index in [2.05, 4.69) is 0 Å². The summed E-state index contributed by atoms with van der Waals surface area (Å²) in [6, 6.07) is 4.06. The van der Waals surface area contributed by atoms with E-state index in [4.69, 9.17) is 0 Å². The SMILES string of the molecule is O=C(C1CSCN1S(=O)(=O)c1ccc(F)cc1)N1CCCC1. The molecule has 0 bridgehead atoms. The molecule has 22 heavy (non-hydrogen) atoms. The number of carbonyl (C=O) groups is 1. The third-order valence-corrected chi connectivity index (χ3v) is 7.01. The third kappa shape index (κ3) is 2.87. The van der Waals surface area contributed by atoms with Crippen molar-refractivity contribution in [1.29, 1.82) is 0 Å². The minimum absolute atomic E-state index is 0.0237. The summed E-state index contributed by atoms with van der Waals surface area (Å²) in [4.78, 5) is 14.3. The molecule has 0 radical (unpaired) electrons.